The lowest BCUT2D eigenvalue weighted by Gasteiger charge is -2.34. The molecule has 1 aromatic heterocycles. The van der Waals surface area contributed by atoms with Crippen molar-refractivity contribution in [2.24, 2.45) is 7.05 Å². The SMILES string of the molecule is CN(C(=O)c1c(N)cnn1C)C1CCC1. The average Bonchev–Trinajstić information content (AvgIpc) is 2.42. The molecule has 0 bridgehead atoms. The second-order valence-corrected chi connectivity index (χ2v) is 4.07. The molecule has 1 aromatic rings. The van der Waals surface area contributed by atoms with Crippen molar-refractivity contribution < 1.29 is 4.79 Å². The number of aromatic nitrogens is 2. The van der Waals surface area contributed by atoms with E-state index < -0.39 is 0 Å². The van der Waals surface area contributed by atoms with Crippen LogP contribution in [0.3, 0.4) is 0 Å². The molecule has 0 spiro atoms. The van der Waals surface area contributed by atoms with E-state index in [4.69, 9.17) is 5.73 Å². The zero-order chi connectivity index (χ0) is 11.0. The van der Waals surface area contributed by atoms with Crippen LogP contribution < -0.4 is 5.73 Å². The van der Waals surface area contributed by atoms with Gasteiger partial charge in [-0.05, 0) is 19.3 Å². The molecule has 0 radical (unpaired) electrons. The highest BCUT2D eigenvalue weighted by atomic mass is 16.2. The van der Waals surface area contributed by atoms with Crippen molar-refractivity contribution >= 4 is 11.6 Å². The van der Waals surface area contributed by atoms with Gasteiger partial charge < -0.3 is 10.6 Å². The zero-order valence-corrected chi connectivity index (χ0v) is 9.10. The number of nitrogen functional groups attached to an aromatic ring is 1. The number of carbonyl (C=O) groups is 1. The summed E-state index contributed by atoms with van der Waals surface area (Å²) in [6.07, 6.45) is 4.92. The number of amides is 1. The van der Waals surface area contributed by atoms with E-state index in [1.165, 1.54) is 17.3 Å². The predicted octanol–water partition coefficient (Wildman–Crippen LogP) is 0.627. The van der Waals surface area contributed by atoms with Crippen LogP contribution in [-0.2, 0) is 7.05 Å². The Bertz CT molecular complexity index is 361. The minimum Gasteiger partial charge on any atom is -0.396 e. The highest BCUT2D eigenvalue weighted by Gasteiger charge is 2.28. The van der Waals surface area contributed by atoms with E-state index in [9.17, 15) is 4.79 Å². The monoisotopic (exact) mass is 208 g/mol. The van der Waals surface area contributed by atoms with Gasteiger partial charge in [0.1, 0.15) is 5.69 Å². The highest BCUT2D eigenvalue weighted by molar-refractivity contribution is 5.97. The number of aryl methyl sites for hydroxylation is 1. The van der Waals surface area contributed by atoms with Crippen LogP contribution in [-0.4, -0.2) is 33.7 Å². The van der Waals surface area contributed by atoms with Crippen LogP contribution in [0.2, 0.25) is 0 Å². The van der Waals surface area contributed by atoms with Gasteiger partial charge in [0, 0.05) is 20.1 Å². The Morgan fingerprint density at radius 3 is 2.73 bits per heavy atom. The third-order valence-corrected chi connectivity index (χ3v) is 3.11. The predicted molar refractivity (Wildman–Crippen MR) is 57.4 cm³/mol. The summed E-state index contributed by atoms with van der Waals surface area (Å²) in [6, 6.07) is 0.381. The maximum absolute atomic E-state index is 12.1. The van der Waals surface area contributed by atoms with Crippen molar-refractivity contribution in [3.8, 4) is 0 Å². The van der Waals surface area contributed by atoms with Crippen LogP contribution >= 0.6 is 0 Å². The molecule has 5 heteroatoms. The van der Waals surface area contributed by atoms with E-state index in [2.05, 4.69) is 5.10 Å². The molecule has 0 unspecified atom stereocenters. The summed E-state index contributed by atoms with van der Waals surface area (Å²) in [4.78, 5) is 13.8. The molecule has 0 saturated heterocycles. The molecular formula is C10H16N4O. The first-order chi connectivity index (χ1) is 7.11. The smallest absolute Gasteiger partial charge is 0.274 e. The molecule has 1 amide bonds. The van der Waals surface area contributed by atoms with Crippen LogP contribution in [0.4, 0.5) is 5.69 Å². The number of nitrogens with zero attached hydrogens (tertiary/aromatic N) is 3. The van der Waals surface area contributed by atoms with E-state index in [1.54, 1.807) is 11.9 Å². The summed E-state index contributed by atoms with van der Waals surface area (Å²) < 4.78 is 1.53. The first kappa shape index (κ1) is 10.0. The Morgan fingerprint density at radius 1 is 1.67 bits per heavy atom. The molecule has 2 rings (SSSR count). The van der Waals surface area contributed by atoms with E-state index in [-0.39, 0.29) is 5.91 Å². The van der Waals surface area contributed by atoms with Gasteiger partial charge in [0.15, 0.2) is 0 Å². The normalized spacial score (nSPS) is 16.1. The van der Waals surface area contributed by atoms with Crippen molar-refractivity contribution in [2.45, 2.75) is 25.3 Å². The second-order valence-electron chi connectivity index (χ2n) is 4.07. The lowest BCUT2D eigenvalue weighted by molar-refractivity contribution is 0.0642. The average molecular weight is 208 g/mol. The Hall–Kier alpha value is -1.52. The van der Waals surface area contributed by atoms with E-state index in [0.29, 0.717) is 17.4 Å². The van der Waals surface area contributed by atoms with Gasteiger partial charge in [-0.1, -0.05) is 0 Å². The Morgan fingerprint density at radius 2 is 2.33 bits per heavy atom. The zero-order valence-electron chi connectivity index (χ0n) is 9.10. The van der Waals surface area contributed by atoms with E-state index in [1.807, 2.05) is 7.05 Å². The standard InChI is InChI=1S/C10H16N4O/c1-13(7-4-3-5-7)10(15)9-8(11)6-12-14(9)2/h6-7H,3-5,11H2,1-2H3. The first-order valence-electron chi connectivity index (χ1n) is 5.16. The summed E-state index contributed by atoms with van der Waals surface area (Å²) in [5.74, 6) is -0.0304. The Balaban J connectivity index is 2.19. The Kier molecular flexibility index (Phi) is 2.38. The molecule has 1 aliphatic carbocycles. The van der Waals surface area contributed by atoms with Gasteiger partial charge in [0.2, 0.25) is 0 Å². The summed E-state index contributed by atoms with van der Waals surface area (Å²) in [5.41, 5.74) is 6.65. The summed E-state index contributed by atoms with van der Waals surface area (Å²) in [7, 11) is 3.57. The van der Waals surface area contributed by atoms with E-state index in [0.717, 1.165) is 12.8 Å². The van der Waals surface area contributed by atoms with Crippen molar-refractivity contribution in [1.29, 1.82) is 0 Å². The van der Waals surface area contributed by atoms with Crippen molar-refractivity contribution in [3.63, 3.8) is 0 Å². The third kappa shape index (κ3) is 1.58. The lowest BCUT2D eigenvalue weighted by atomic mass is 9.91. The molecule has 1 saturated carbocycles. The maximum Gasteiger partial charge on any atom is 0.274 e. The molecule has 0 aliphatic heterocycles. The number of anilines is 1. The van der Waals surface area contributed by atoms with E-state index >= 15 is 0 Å². The van der Waals surface area contributed by atoms with Crippen molar-refractivity contribution in [2.75, 3.05) is 12.8 Å². The van der Waals surface area contributed by atoms with Gasteiger partial charge in [-0.15, -0.1) is 0 Å². The number of carbonyl (C=O) groups excluding carboxylic acids is 1. The largest absolute Gasteiger partial charge is 0.396 e. The maximum atomic E-state index is 12.1. The van der Waals surface area contributed by atoms with Crippen LogP contribution in [0, 0.1) is 0 Å². The minimum atomic E-state index is -0.0304. The van der Waals surface area contributed by atoms with Gasteiger partial charge in [-0.2, -0.15) is 5.10 Å². The summed E-state index contributed by atoms with van der Waals surface area (Å²) in [5, 5.41) is 3.97. The van der Waals surface area contributed by atoms with Gasteiger partial charge in [0.25, 0.3) is 5.91 Å². The molecule has 1 heterocycles. The van der Waals surface area contributed by atoms with Crippen LogP contribution in [0.25, 0.3) is 0 Å². The second kappa shape index (κ2) is 3.56. The minimum absolute atomic E-state index is 0.0304. The number of rotatable bonds is 2. The summed E-state index contributed by atoms with van der Waals surface area (Å²) in [6.45, 7) is 0. The molecule has 2 N–H and O–H groups in total. The molecule has 0 aromatic carbocycles. The van der Waals surface area contributed by atoms with Crippen molar-refractivity contribution in [3.05, 3.63) is 11.9 Å². The highest BCUT2D eigenvalue weighted by Crippen LogP contribution is 2.25. The third-order valence-electron chi connectivity index (χ3n) is 3.11. The molecule has 1 aliphatic rings. The topological polar surface area (TPSA) is 64.2 Å². The molecule has 15 heavy (non-hydrogen) atoms. The fourth-order valence-electron chi connectivity index (χ4n) is 1.82. The Labute approximate surface area is 88.8 Å². The molecule has 1 fully saturated rings. The van der Waals surface area contributed by atoms with Gasteiger partial charge in [-0.3, -0.25) is 9.48 Å². The molecular weight excluding hydrogens is 192 g/mol. The quantitative estimate of drug-likeness (QED) is 0.775. The lowest BCUT2D eigenvalue weighted by Crippen LogP contribution is -2.42. The fraction of sp³-hybridized carbons (Fsp3) is 0.600. The van der Waals surface area contributed by atoms with Crippen LogP contribution in [0.15, 0.2) is 6.20 Å². The molecule has 0 atom stereocenters. The van der Waals surface area contributed by atoms with Crippen LogP contribution in [0.5, 0.6) is 0 Å². The fourth-order valence-corrected chi connectivity index (χ4v) is 1.82. The number of hydrogen-bond donors (Lipinski definition) is 1. The number of nitrogens with two attached hydrogens (primary N) is 1. The van der Waals surface area contributed by atoms with Gasteiger partial charge in [-0.25, -0.2) is 0 Å². The van der Waals surface area contributed by atoms with Gasteiger partial charge >= 0.3 is 0 Å². The molecule has 5 nitrogen and oxygen atoms in total. The van der Waals surface area contributed by atoms with Crippen LogP contribution in [0.1, 0.15) is 29.8 Å². The summed E-state index contributed by atoms with van der Waals surface area (Å²) >= 11 is 0. The van der Waals surface area contributed by atoms with Gasteiger partial charge in [0.05, 0.1) is 11.9 Å². The molecule has 82 valence electrons. The number of hydrogen-bond acceptors (Lipinski definition) is 3. The van der Waals surface area contributed by atoms with Crippen molar-refractivity contribution in [1.82, 2.24) is 14.7 Å². The first-order valence-corrected chi connectivity index (χ1v) is 5.16.